The molecule has 0 spiro atoms. The smallest absolute Gasteiger partial charge is 0.153 e. The van der Waals surface area contributed by atoms with Crippen molar-refractivity contribution in [1.29, 1.82) is 0 Å². The number of nitrogens with zero attached hydrogens (tertiary/aromatic N) is 3. The summed E-state index contributed by atoms with van der Waals surface area (Å²) in [6.07, 6.45) is 3.30. The van der Waals surface area contributed by atoms with E-state index >= 15 is 0 Å². The number of ether oxygens (including phenoxy) is 1. The highest BCUT2D eigenvalue weighted by Gasteiger charge is 2.23. The number of benzene rings is 1. The van der Waals surface area contributed by atoms with Gasteiger partial charge in [-0.3, -0.25) is 4.40 Å². The summed E-state index contributed by atoms with van der Waals surface area (Å²) in [6.45, 7) is 7.57. The minimum atomic E-state index is -0.633. The second-order valence-electron chi connectivity index (χ2n) is 6.19. The lowest BCUT2D eigenvalue weighted by Crippen LogP contribution is -2.11. The molecule has 7 heteroatoms. The van der Waals surface area contributed by atoms with Gasteiger partial charge in [-0.05, 0) is 26.8 Å². The molecule has 0 aliphatic rings. The molecular formula is C18H19ClFN4O. The summed E-state index contributed by atoms with van der Waals surface area (Å²) in [7, 11) is 0. The largest absolute Gasteiger partial charge is 0.490 e. The molecule has 0 amide bonds. The summed E-state index contributed by atoms with van der Waals surface area (Å²) in [5.74, 6) is 0.636. The Labute approximate surface area is 150 Å². The Morgan fingerprint density at radius 3 is 2.76 bits per heavy atom. The van der Waals surface area contributed by atoms with Gasteiger partial charge in [0.15, 0.2) is 5.82 Å². The predicted molar refractivity (Wildman–Crippen MR) is 95.7 cm³/mol. The number of nitrogen functional groups attached to an aromatic ring is 1. The van der Waals surface area contributed by atoms with Crippen LogP contribution in [0.25, 0.3) is 5.52 Å². The number of hydrogen-bond acceptors (Lipinski definition) is 4. The summed E-state index contributed by atoms with van der Waals surface area (Å²) in [6, 6.07) is 4.16. The van der Waals surface area contributed by atoms with Crippen LogP contribution in [-0.4, -0.2) is 20.5 Å². The second-order valence-corrected chi connectivity index (χ2v) is 6.60. The highest BCUT2D eigenvalue weighted by atomic mass is 35.5. The molecular weight excluding hydrogens is 343 g/mol. The number of anilines is 1. The fourth-order valence-corrected chi connectivity index (χ4v) is 3.03. The lowest BCUT2D eigenvalue weighted by atomic mass is 9.99. The zero-order valence-corrected chi connectivity index (χ0v) is 15.2. The zero-order chi connectivity index (χ0) is 18.3. The molecule has 2 aromatic heterocycles. The first-order valence-electron chi connectivity index (χ1n) is 7.96. The van der Waals surface area contributed by atoms with Crippen LogP contribution in [0.4, 0.5) is 10.2 Å². The molecule has 3 rings (SSSR count). The van der Waals surface area contributed by atoms with Gasteiger partial charge in [0.1, 0.15) is 22.9 Å². The minimum Gasteiger partial charge on any atom is -0.490 e. The van der Waals surface area contributed by atoms with Gasteiger partial charge in [0.05, 0.1) is 22.9 Å². The van der Waals surface area contributed by atoms with Crippen LogP contribution in [0.15, 0.2) is 18.5 Å². The number of rotatable bonds is 4. The Morgan fingerprint density at radius 2 is 2.08 bits per heavy atom. The zero-order valence-electron chi connectivity index (χ0n) is 14.5. The molecule has 2 heterocycles. The van der Waals surface area contributed by atoms with Crippen molar-refractivity contribution in [3.05, 3.63) is 52.4 Å². The number of hydrogen-bond donors (Lipinski definition) is 1. The molecule has 25 heavy (non-hydrogen) atoms. The average Bonchev–Trinajstić information content (AvgIpc) is 2.88. The average molecular weight is 362 g/mol. The Bertz CT molecular complexity index is 938. The maximum absolute atomic E-state index is 13.9. The summed E-state index contributed by atoms with van der Waals surface area (Å²) < 4.78 is 21.5. The van der Waals surface area contributed by atoms with E-state index in [2.05, 4.69) is 16.0 Å². The van der Waals surface area contributed by atoms with Crippen molar-refractivity contribution in [3.8, 4) is 5.75 Å². The third kappa shape index (κ3) is 3.14. The van der Waals surface area contributed by atoms with Gasteiger partial charge in [0.25, 0.3) is 0 Å². The van der Waals surface area contributed by atoms with Crippen LogP contribution in [0.3, 0.4) is 0 Å². The van der Waals surface area contributed by atoms with Gasteiger partial charge >= 0.3 is 0 Å². The standard InChI is InChI=1S/C18H19ClFN4O/c1-9(2)25-15-8-14(20)13(19)7-12(15)10(3)18-23-11(4)16-17(21)22-5-6-24(16)18/h5-7,9-10H,1-4H3,(H2,21,22)/t10-/m0/s1. The fraction of sp³-hybridized carbons (Fsp3) is 0.333. The van der Waals surface area contributed by atoms with Gasteiger partial charge in [0, 0.05) is 23.9 Å². The molecule has 131 valence electrons. The molecule has 1 aromatic carbocycles. The van der Waals surface area contributed by atoms with Crippen LogP contribution in [0.2, 0.25) is 5.02 Å². The lowest BCUT2D eigenvalue weighted by molar-refractivity contribution is 0.237. The van der Waals surface area contributed by atoms with Crippen molar-refractivity contribution in [2.75, 3.05) is 5.73 Å². The first-order valence-corrected chi connectivity index (χ1v) is 8.34. The molecule has 0 aliphatic carbocycles. The molecule has 0 saturated heterocycles. The quantitative estimate of drug-likeness (QED) is 0.758. The Balaban J connectivity index is 2.17. The van der Waals surface area contributed by atoms with E-state index in [4.69, 9.17) is 22.1 Å². The van der Waals surface area contributed by atoms with Gasteiger partial charge in [-0.15, -0.1) is 0 Å². The number of imidazole rings is 1. The van der Waals surface area contributed by atoms with E-state index in [1.165, 1.54) is 0 Å². The predicted octanol–water partition coefficient (Wildman–Crippen LogP) is 4.15. The van der Waals surface area contributed by atoms with Crippen molar-refractivity contribution in [2.45, 2.75) is 39.7 Å². The van der Waals surface area contributed by atoms with Gasteiger partial charge in [-0.1, -0.05) is 18.5 Å². The summed E-state index contributed by atoms with van der Waals surface area (Å²) in [5.41, 5.74) is 8.22. The topological polar surface area (TPSA) is 65.4 Å². The molecule has 3 aromatic rings. The number of nitrogens with two attached hydrogens (primary N) is 1. The number of fused-ring (bicyclic) bond motifs is 1. The second kappa shape index (κ2) is 6.52. The molecule has 0 saturated carbocycles. The third-order valence-corrected chi connectivity index (χ3v) is 4.24. The first-order chi connectivity index (χ1) is 11.8. The highest BCUT2D eigenvalue weighted by Crippen LogP contribution is 2.36. The lowest BCUT2D eigenvalue weighted by Gasteiger charge is -2.19. The SMILES string of the molecule is Cc1nc([C@@H](C)c2cc(Cl)c(F)[c]c2OC(C)C)n2ccnc(N)c12. The Hall–Kier alpha value is -2.34. The van der Waals surface area contributed by atoms with Crippen molar-refractivity contribution in [1.82, 2.24) is 14.4 Å². The van der Waals surface area contributed by atoms with Crippen LogP contribution in [0.1, 0.15) is 43.8 Å². The molecule has 1 radical (unpaired) electrons. The number of halogens is 2. The van der Waals surface area contributed by atoms with Crippen molar-refractivity contribution in [2.24, 2.45) is 0 Å². The maximum Gasteiger partial charge on any atom is 0.153 e. The molecule has 0 fully saturated rings. The van der Waals surface area contributed by atoms with E-state index in [0.29, 0.717) is 17.1 Å². The van der Waals surface area contributed by atoms with E-state index in [-0.39, 0.29) is 17.0 Å². The fourth-order valence-electron chi connectivity index (χ4n) is 2.86. The summed E-state index contributed by atoms with van der Waals surface area (Å²) >= 11 is 5.98. The van der Waals surface area contributed by atoms with Gasteiger partial charge < -0.3 is 10.5 Å². The highest BCUT2D eigenvalue weighted by molar-refractivity contribution is 6.30. The normalized spacial score (nSPS) is 12.8. The van der Waals surface area contributed by atoms with E-state index < -0.39 is 5.82 Å². The molecule has 2 N–H and O–H groups in total. The van der Waals surface area contributed by atoms with Crippen LogP contribution >= 0.6 is 11.6 Å². The van der Waals surface area contributed by atoms with Crippen molar-refractivity contribution in [3.63, 3.8) is 0 Å². The molecule has 1 atom stereocenters. The summed E-state index contributed by atoms with van der Waals surface area (Å²) in [4.78, 5) is 8.75. The first kappa shape index (κ1) is 17.5. The van der Waals surface area contributed by atoms with Crippen LogP contribution < -0.4 is 10.5 Å². The third-order valence-electron chi connectivity index (χ3n) is 3.97. The number of aromatic nitrogens is 3. The molecule has 0 aliphatic heterocycles. The van der Waals surface area contributed by atoms with Gasteiger partial charge in [0.2, 0.25) is 0 Å². The van der Waals surface area contributed by atoms with Crippen molar-refractivity contribution >= 4 is 22.9 Å². The van der Waals surface area contributed by atoms with E-state index in [1.54, 1.807) is 18.5 Å². The Morgan fingerprint density at radius 1 is 1.36 bits per heavy atom. The summed E-state index contributed by atoms with van der Waals surface area (Å²) in [5, 5.41) is -0.00304. The Kier molecular flexibility index (Phi) is 4.56. The van der Waals surface area contributed by atoms with Crippen LogP contribution in [-0.2, 0) is 0 Å². The molecule has 5 nitrogen and oxygen atoms in total. The van der Waals surface area contributed by atoms with E-state index in [0.717, 1.165) is 17.0 Å². The monoisotopic (exact) mass is 361 g/mol. The molecule has 0 unspecified atom stereocenters. The van der Waals surface area contributed by atoms with Gasteiger partial charge in [-0.2, -0.15) is 0 Å². The van der Waals surface area contributed by atoms with E-state index in [1.807, 2.05) is 32.1 Å². The van der Waals surface area contributed by atoms with Crippen LogP contribution in [0, 0.1) is 18.8 Å². The van der Waals surface area contributed by atoms with Gasteiger partial charge in [-0.25, -0.2) is 14.4 Å². The minimum absolute atomic E-state index is 0.00304. The van der Waals surface area contributed by atoms with Crippen molar-refractivity contribution < 1.29 is 9.13 Å². The maximum atomic E-state index is 13.9. The molecule has 0 bridgehead atoms. The number of aryl methyl sites for hydroxylation is 1. The van der Waals surface area contributed by atoms with Crippen LogP contribution in [0.5, 0.6) is 5.75 Å². The van der Waals surface area contributed by atoms with E-state index in [9.17, 15) is 4.39 Å².